The smallest absolute Gasteiger partial charge is 0.273 e. The Bertz CT molecular complexity index is 1110. The number of carbonyl (C=O) groups excluding carboxylic acids is 1. The lowest BCUT2D eigenvalue weighted by atomic mass is 10.2. The summed E-state index contributed by atoms with van der Waals surface area (Å²) in [5.74, 6) is -0.0208. The van der Waals surface area contributed by atoms with E-state index in [1.54, 1.807) is 6.92 Å². The number of hydrogen-bond acceptors (Lipinski definition) is 7. The van der Waals surface area contributed by atoms with Crippen LogP contribution in [0.15, 0.2) is 17.1 Å². The van der Waals surface area contributed by atoms with Gasteiger partial charge >= 0.3 is 5.69 Å². The molecule has 3 rings (SSSR count). The minimum absolute atomic E-state index is 0.00686. The van der Waals surface area contributed by atoms with Crippen molar-refractivity contribution in [1.29, 1.82) is 0 Å². The van der Waals surface area contributed by atoms with Crippen LogP contribution < -0.4 is 11.0 Å². The molecule has 1 N–H and O–H groups in total. The quantitative estimate of drug-likeness (QED) is 0.476. The summed E-state index contributed by atoms with van der Waals surface area (Å²) in [6, 6.07) is 1.83. The Hall–Kier alpha value is -3.08. The van der Waals surface area contributed by atoms with Crippen molar-refractivity contribution in [3.8, 4) is 0 Å². The first kappa shape index (κ1) is 19.7. The van der Waals surface area contributed by atoms with Gasteiger partial charge in [0, 0.05) is 11.3 Å². The van der Waals surface area contributed by atoms with Gasteiger partial charge in [0.15, 0.2) is 0 Å². The van der Waals surface area contributed by atoms with E-state index < -0.39 is 10.8 Å². The molecule has 28 heavy (non-hydrogen) atoms. The van der Waals surface area contributed by atoms with E-state index in [1.807, 2.05) is 6.07 Å². The fraction of sp³-hybridized carbons (Fsp3) is 0.412. The highest BCUT2D eigenvalue weighted by Gasteiger charge is 2.17. The van der Waals surface area contributed by atoms with Crippen LogP contribution in [-0.4, -0.2) is 30.3 Å². The van der Waals surface area contributed by atoms with Gasteiger partial charge in [0.05, 0.1) is 16.9 Å². The fourth-order valence-electron chi connectivity index (χ4n) is 2.83. The lowest BCUT2D eigenvalue weighted by molar-refractivity contribution is -0.385. The first-order valence-corrected chi connectivity index (χ1v) is 9.62. The van der Waals surface area contributed by atoms with Crippen molar-refractivity contribution in [1.82, 2.24) is 19.4 Å². The predicted octanol–water partition coefficient (Wildman–Crippen LogP) is 2.29. The number of hydrogen-bond donors (Lipinski definition) is 1. The number of amides is 1. The highest BCUT2D eigenvalue weighted by Crippen LogP contribution is 2.22. The number of carbonyl (C=O) groups is 1. The van der Waals surface area contributed by atoms with Crippen molar-refractivity contribution >= 4 is 33.1 Å². The van der Waals surface area contributed by atoms with E-state index in [9.17, 15) is 19.7 Å². The summed E-state index contributed by atoms with van der Waals surface area (Å²) in [6.07, 6.45) is 3.14. The van der Waals surface area contributed by atoms with Gasteiger partial charge in [-0.1, -0.05) is 13.3 Å². The van der Waals surface area contributed by atoms with Crippen molar-refractivity contribution in [3.63, 3.8) is 0 Å². The lowest BCUT2D eigenvalue weighted by Crippen LogP contribution is -2.35. The summed E-state index contributed by atoms with van der Waals surface area (Å²) >= 11 is 1.49. The van der Waals surface area contributed by atoms with Crippen molar-refractivity contribution in [2.45, 2.75) is 46.6 Å². The molecule has 0 spiro atoms. The molecule has 0 atom stereocenters. The maximum absolute atomic E-state index is 12.7. The van der Waals surface area contributed by atoms with Gasteiger partial charge in [-0.3, -0.25) is 29.8 Å². The molecule has 3 heterocycles. The normalized spacial score (nSPS) is 11.1. The zero-order chi connectivity index (χ0) is 20.4. The highest BCUT2D eigenvalue weighted by molar-refractivity contribution is 7.18. The van der Waals surface area contributed by atoms with Crippen molar-refractivity contribution in [3.05, 3.63) is 49.1 Å². The molecular formula is C17H20N6O4S. The molecule has 10 nitrogen and oxygen atoms in total. The molecular weight excluding hydrogens is 384 g/mol. The summed E-state index contributed by atoms with van der Waals surface area (Å²) < 4.78 is 2.49. The van der Waals surface area contributed by atoms with Crippen LogP contribution >= 0.6 is 11.3 Å². The van der Waals surface area contributed by atoms with Crippen LogP contribution in [0.2, 0.25) is 0 Å². The van der Waals surface area contributed by atoms with Crippen LogP contribution in [0, 0.1) is 24.0 Å². The second-order valence-electron chi connectivity index (χ2n) is 6.39. The van der Waals surface area contributed by atoms with Gasteiger partial charge in [0.2, 0.25) is 5.91 Å². The monoisotopic (exact) mass is 404 g/mol. The van der Waals surface area contributed by atoms with Crippen LogP contribution in [0.25, 0.3) is 10.2 Å². The largest absolute Gasteiger partial charge is 0.309 e. The topological polar surface area (TPSA) is 125 Å². The molecule has 0 bridgehead atoms. The second-order valence-corrected chi connectivity index (χ2v) is 7.50. The fourth-order valence-corrected chi connectivity index (χ4v) is 4.00. The Balaban J connectivity index is 1.74. The summed E-state index contributed by atoms with van der Waals surface area (Å²) in [5, 5.41) is 15.4. The molecule has 0 saturated heterocycles. The first-order chi connectivity index (χ1) is 13.3. The van der Waals surface area contributed by atoms with E-state index in [1.165, 1.54) is 29.1 Å². The molecule has 148 valence electrons. The number of nitrogens with one attached hydrogen (secondary N) is 1. The van der Waals surface area contributed by atoms with E-state index in [4.69, 9.17) is 0 Å². The Morgan fingerprint density at radius 2 is 2.14 bits per heavy atom. The van der Waals surface area contributed by atoms with Gasteiger partial charge in [-0.2, -0.15) is 5.10 Å². The molecule has 3 aromatic rings. The van der Waals surface area contributed by atoms with E-state index in [0.29, 0.717) is 16.0 Å². The molecule has 0 aliphatic heterocycles. The van der Waals surface area contributed by atoms with Crippen LogP contribution in [0.3, 0.4) is 0 Å². The van der Waals surface area contributed by atoms with Gasteiger partial charge in [0.1, 0.15) is 22.5 Å². The molecule has 0 aromatic carbocycles. The van der Waals surface area contributed by atoms with E-state index in [2.05, 4.69) is 22.4 Å². The first-order valence-electron chi connectivity index (χ1n) is 8.80. The number of nitrogens with zero attached hydrogens (tertiary/aromatic N) is 5. The van der Waals surface area contributed by atoms with Crippen LogP contribution in [-0.2, 0) is 17.8 Å². The lowest BCUT2D eigenvalue weighted by Gasteiger charge is -2.10. The van der Waals surface area contributed by atoms with Crippen LogP contribution in [0.4, 0.5) is 5.69 Å². The molecule has 0 aliphatic rings. The third-order valence-corrected chi connectivity index (χ3v) is 5.29. The van der Waals surface area contributed by atoms with Crippen molar-refractivity contribution in [2.24, 2.45) is 0 Å². The molecule has 3 aromatic heterocycles. The Morgan fingerprint density at radius 1 is 1.39 bits per heavy atom. The molecule has 0 saturated carbocycles. The van der Waals surface area contributed by atoms with E-state index in [-0.39, 0.29) is 29.9 Å². The Morgan fingerprint density at radius 3 is 2.79 bits per heavy atom. The van der Waals surface area contributed by atoms with Gasteiger partial charge in [-0.05, 0) is 26.3 Å². The van der Waals surface area contributed by atoms with Gasteiger partial charge < -0.3 is 0 Å². The van der Waals surface area contributed by atoms with Crippen LogP contribution in [0.1, 0.15) is 36.2 Å². The summed E-state index contributed by atoms with van der Waals surface area (Å²) in [4.78, 5) is 41.5. The number of nitro groups is 1. The van der Waals surface area contributed by atoms with Gasteiger partial charge in [-0.25, -0.2) is 9.66 Å². The highest BCUT2D eigenvalue weighted by atomic mass is 32.1. The van der Waals surface area contributed by atoms with E-state index >= 15 is 0 Å². The molecule has 0 fully saturated rings. The minimum atomic E-state index is -0.517. The summed E-state index contributed by atoms with van der Waals surface area (Å²) in [6.45, 7) is 5.41. The van der Waals surface area contributed by atoms with Crippen LogP contribution in [0.5, 0.6) is 0 Å². The maximum atomic E-state index is 12.7. The molecule has 1 amide bonds. The number of aryl methyl sites for hydroxylation is 4. The third-order valence-electron chi connectivity index (χ3n) is 4.20. The number of rotatable bonds is 7. The average molecular weight is 404 g/mol. The predicted molar refractivity (Wildman–Crippen MR) is 105 cm³/mol. The Kier molecular flexibility index (Phi) is 5.54. The van der Waals surface area contributed by atoms with E-state index in [0.717, 1.165) is 22.4 Å². The number of fused-ring (bicyclic) bond motifs is 1. The summed E-state index contributed by atoms with van der Waals surface area (Å²) in [5.41, 5.74) is 2.43. The van der Waals surface area contributed by atoms with Crippen molar-refractivity contribution < 1.29 is 9.72 Å². The molecule has 0 radical (unpaired) electrons. The number of thiophene rings is 1. The number of aromatic nitrogens is 4. The zero-order valence-electron chi connectivity index (χ0n) is 15.8. The molecule has 0 unspecified atom stereocenters. The average Bonchev–Trinajstić information content (AvgIpc) is 3.20. The summed E-state index contributed by atoms with van der Waals surface area (Å²) in [7, 11) is 0. The Labute approximate surface area is 163 Å². The second kappa shape index (κ2) is 7.89. The molecule has 0 aliphatic carbocycles. The van der Waals surface area contributed by atoms with Gasteiger partial charge in [-0.15, -0.1) is 11.3 Å². The zero-order valence-corrected chi connectivity index (χ0v) is 16.6. The van der Waals surface area contributed by atoms with Crippen molar-refractivity contribution in [2.75, 3.05) is 5.43 Å². The molecule has 11 heteroatoms. The third kappa shape index (κ3) is 3.93. The SMILES string of the molecule is CCCc1cc2c(=O)n(NC(=O)CCn3cc([N+](=O)[O-])c(C)n3)c(C)nc2s1. The van der Waals surface area contributed by atoms with Gasteiger partial charge in [0.25, 0.3) is 5.56 Å². The maximum Gasteiger partial charge on any atom is 0.309 e. The minimum Gasteiger partial charge on any atom is -0.273 e. The standard InChI is InChI=1S/C17H20N6O4S/c1-4-5-12-8-13-16(28-12)18-11(3)22(17(13)25)20-15(24)6-7-21-9-14(23(26)27)10(2)19-21/h8-9H,4-7H2,1-3H3,(H,20,24).